The summed E-state index contributed by atoms with van der Waals surface area (Å²) in [4.78, 5) is 16.9. The predicted octanol–water partition coefficient (Wildman–Crippen LogP) is 2.21. The monoisotopic (exact) mass is 260 g/mol. The van der Waals surface area contributed by atoms with E-state index >= 15 is 0 Å². The number of benzene rings is 1. The minimum absolute atomic E-state index is 0.262. The largest absolute Gasteiger partial charge is 0.301 e. The second kappa shape index (κ2) is 6.83. The molecule has 3 heteroatoms. The third kappa shape index (κ3) is 4.15. The molecule has 0 aromatic heterocycles. The molecule has 0 unspecified atom stereocenters. The molecule has 0 spiro atoms. The van der Waals surface area contributed by atoms with Gasteiger partial charge in [0.25, 0.3) is 0 Å². The standard InChI is InChI=1S/C16H24N2O/c1-3-17-10-12-18(13-11-17)9-8-16(19)15-6-4-14(2)5-7-15/h4-7H,3,8-13H2,1-2H3. The van der Waals surface area contributed by atoms with Gasteiger partial charge in [0.2, 0.25) is 0 Å². The molecule has 1 heterocycles. The van der Waals surface area contributed by atoms with E-state index in [1.807, 2.05) is 31.2 Å². The van der Waals surface area contributed by atoms with E-state index in [0.29, 0.717) is 6.42 Å². The Balaban J connectivity index is 1.76. The van der Waals surface area contributed by atoms with Crippen molar-refractivity contribution in [3.8, 4) is 0 Å². The minimum atomic E-state index is 0.262. The van der Waals surface area contributed by atoms with Crippen molar-refractivity contribution < 1.29 is 4.79 Å². The van der Waals surface area contributed by atoms with Gasteiger partial charge < -0.3 is 9.80 Å². The summed E-state index contributed by atoms with van der Waals surface area (Å²) in [5.74, 6) is 0.262. The average Bonchev–Trinajstić information content (AvgIpc) is 2.46. The van der Waals surface area contributed by atoms with Crippen LogP contribution in [-0.4, -0.2) is 54.9 Å². The highest BCUT2D eigenvalue weighted by molar-refractivity contribution is 5.96. The molecule has 1 aromatic rings. The maximum absolute atomic E-state index is 12.1. The molecule has 19 heavy (non-hydrogen) atoms. The van der Waals surface area contributed by atoms with Crippen LogP contribution in [-0.2, 0) is 0 Å². The molecule has 104 valence electrons. The quantitative estimate of drug-likeness (QED) is 0.758. The molecule has 0 amide bonds. The number of hydrogen-bond donors (Lipinski definition) is 0. The van der Waals surface area contributed by atoms with Crippen molar-refractivity contribution in [2.24, 2.45) is 0 Å². The van der Waals surface area contributed by atoms with E-state index in [-0.39, 0.29) is 5.78 Å². The molecule has 0 N–H and O–H groups in total. The van der Waals surface area contributed by atoms with E-state index < -0.39 is 0 Å². The first-order valence-electron chi connectivity index (χ1n) is 7.23. The SMILES string of the molecule is CCN1CCN(CCC(=O)c2ccc(C)cc2)CC1. The second-order valence-corrected chi connectivity index (χ2v) is 5.32. The number of carbonyl (C=O) groups is 1. The summed E-state index contributed by atoms with van der Waals surface area (Å²) in [6.07, 6.45) is 0.634. The summed E-state index contributed by atoms with van der Waals surface area (Å²) in [5, 5.41) is 0. The minimum Gasteiger partial charge on any atom is -0.301 e. The van der Waals surface area contributed by atoms with Crippen molar-refractivity contribution in [3.63, 3.8) is 0 Å². The number of ketones is 1. The lowest BCUT2D eigenvalue weighted by molar-refractivity contribution is 0.0932. The zero-order valence-electron chi connectivity index (χ0n) is 12.1. The molecular weight excluding hydrogens is 236 g/mol. The summed E-state index contributed by atoms with van der Waals surface area (Å²) < 4.78 is 0. The first-order valence-corrected chi connectivity index (χ1v) is 7.23. The fourth-order valence-corrected chi connectivity index (χ4v) is 2.47. The van der Waals surface area contributed by atoms with Gasteiger partial charge in [-0.2, -0.15) is 0 Å². The molecule has 0 saturated carbocycles. The summed E-state index contributed by atoms with van der Waals surface area (Å²) in [5.41, 5.74) is 2.05. The molecule has 3 nitrogen and oxygen atoms in total. The van der Waals surface area contributed by atoms with Crippen LogP contribution in [0.15, 0.2) is 24.3 Å². The van der Waals surface area contributed by atoms with E-state index in [2.05, 4.69) is 16.7 Å². The number of Topliss-reactive ketones (excluding diaryl/α,β-unsaturated/α-hetero) is 1. The normalized spacial score (nSPS) is 17.6. The van der Waals surface area contributed by atoms with Crippen LogP contribution in [0.1, 0.15) is 29.3 Å². The Morgan fingerprint density at radius 1 is 1.05 bits per heavy atom. The first-order chi connectivity index (χ1) is 9.19. The van der Waals surface area contributed by atoms with Gasteiger partial charge >= 0.3 is 0 Å². The first kappa shape index (κ1) is 14.2. The van der Waals surface area contributed by atoms with Gasteiger partial charge in [0, 0.05) is 44.7 Å². The maximum atomic E-state index is 12.1. The van der Waals surface area contributed by atoms with E-state index in [1.54, 1.807) is 0 Å². The number of hydrogen-bond acceptors (Lipinski definition) is 3. The Morgan fingerprint density at radius 2 is 1.63 bits per heavy atom. The van der Waals surface area contributed by atoms with Crippen LogP contribution in [0.25, 0.3) is 0 Å². The van der Waals surface area contributed by atoms with Crippen molar-refractivity contribution in [1.82, 2.24) is 9.80 Å². The molecule has 1 aliphatic rings. The summed E-state index contributed by atoms with van der Waals surface area (Å²) in [7, 11) is 0. The van der Waals surface area contributed by atoms with E-state index in [0.717, 1.165) is 44.8 Å². The lowest BCUT2D eigenvalue weighted by atomic mass is 10.1. The number of aryl methyl sites for hydroxylation is 1. The van der Waals surface area contributed by atoms with Gasteiger partial charge in [-0.1, -0.05) is 36.8 Å². The van der Waals surface area contributed by atoms with E-state index in [4.69, 9.17) is 0 Å². The Kier molecular flexibility index (Phi) is 5.11. The third-order valence-corrected chi connectivity index (χ3v) is 3.94. The van der Waals surface area contributed by atoms with Crippen LogP contribution < -0.4 is 0 Å². The van der Waals surface area contributed by atoms with Gasteiger partial charge in [-0.15, -0.1) is 0 Å². The topological polar surface area (TPSA) is 23.6 Å². The molecule has 1 aliphatic heterocycles. The Bertz CT molecular complexity index is 405. The van der Waals surface area contributed by atoms with Crippen molar-refractivity contribution in [2.45, 2.75) is 20.3 Å². The van der Waals surface area contributed by atoms with Crippen LogP contribution in [0.2, 0.25) is 0 Å². The molecule has 0 bridgehead atoms. The Hall–Kier alpha value is -1.19. The van der Waals surface area contributed by atoms with Crippen LogP contribution in [0.5, 0.6) is 0 Å². The fourth-order valence-electron chi connectivity index (χ4n) is 2.47. The van der Waals surface area contributed by atoms with Gasteiger partial charge in [0.1, 0.15) is 0 Å². The summed E-state index contributed by atoms with van der Waals surface area (Å²) >= 11 is 0. The zero-order valence-corrected chi connectivity index (χ0v) is 12.1. The van der Waals surface area contributed by atoms with Crippen molar-refractivity contribution in [1.29, 1.82) is 0 Å². The van der Waals surface area contributed by atoms with Gasteiger partial charge in [-0.3, -0.25) is 4.79 Å². The highest BCUT2D eigenvalue weighted by Gasteiger charge is 2.16. The van der Waals surface area contributed by atoms with Crippen LogP contribution in [0.3, 0.4) is 0 Å². The smallest absolute Gasteiger partial charge is 0.164 e. The van der Waals surface area contributed by atoms with Gasteiger partial charge in [-0.25, -0.2) is 0 Å². The van der Waals surface area contributed by atoms with Crippen LogP contribution in [0, 0.1) is 6.92 Å². The third-order valence-electron chi connectivity index (χ3n) is 3.94. The second-order valence-electron chi connectivity index (χ2n) is 5.32. The number of piperazine rings is 1. The molecular formula is C16H24N2O. The molecule has 1 fully saturated rings. The van der Waals surface area contributed by atoms with E-state index in [1.165, 1.54) is 5.56 Å². The number of nitrogens with zero attached hydrogens (tertiary/aromatic N) is 2. The lowest BCUT2D eigenvalue weighted by Crippen LogP contribution is -2.46. The maximum Gasteiger partial charge on any atom is 0.164 e. The van der Waals surface area contributed by atoms with Crippen molar-refractivity contribution in [3.05, 3.63) is 35.4 Å². The van der Waals surface area contributed by atoms with Gasteiger partial charge in [0.05, 0.1) is 0 Å². The molecule has 1 saturated heterocycles. The number of likely N-dealkylation sites (N-methyl/N-ethyl adjacent to an activating group) is 1. The fraction of sp³-hybridized carbons (Fsp3) is 0.562. The van der Waals surface area contributed by atoms with Gasteiger partial charge in [-0.05, 0) is 13.5 Å². The summed E-state index contributed by atoms with van der Waals surface area (Å²) in [6.45, 7) is 10.7. The molecule has 0 atom stereocenters. The van der Waals surface area contributed by atoms with Crippen LogP contribution in [0.4, 0.5) is 0 Å². The Morgan fingerprint density at radius 3 is 2.21 bits per heavy atom. The average molecular weight is 260 g/mol. The molecule has 1 aromatic carbocycles. The number of carbonyl (C=O) groups excluding carboxylic acids is 1. The molecule has 0 radical (unpaired) electrons. The van der Waals surface area contributed by atoms with Gasteiger partial charge in [0.15, 0.2) is 5.78 Å². The molecule has 0 aliphatic carbocycles. The lowest BCUT2D eigenvalue weighted by Gasteiger charge is -2.33. The highest BCUT2D eigenvalue weighted by atomic mass is 16.1. The Labute approximate surface area is 116 Å². The van der Waals surface area contributed by atoms with Crippen molar-refractivity contribution in [2.75, 3.05) is 39.3 Å². The number of rotatable bonds is 5. The zero-order chi connectivity index (χ0) is 13.7. The van der Waals surface area contributed by atoms with E-state index in [9.17, 15) is 4.79 Å². The molecule has 2 rings (SSSR count). The summed E-state index contributed by atoms with van der Waals surface area (Å²) in [6, 6.07) is 7.89. The van der Waals surface area contributed by atoms with Crippen LogP contribution >= 0.6 is 0 Å². The highest BCUT2D eigenvalue weighted by Crippen LogP contribution is 2.08. The van der Waals surface area contributed by atoms with Crippen molar-refractivity contribution >= 4 is 5.78 Å². The predicted molar refractivity (Wildman–Crippen MR) is 78.7 cm³/mol.